The second-order valence-electron chi connectivity index (χ2n) is 7.96. The lowest BCUT2D eigenvalue weighted by molar-refractivity contribution is -0.141. The van der Waals surface area contributed by atoms with Crippen molar-refractivity contribution in [2.75, 3.05) is 24.3 Å². The zero-order valence-corrected chi connectivity index (χ0v) is 17.5. The van der Waals surface area contributed by atoms with E-state index in [0.29, 0.717) is 18.8 Å². The monoisotopic (exact) mass is 408 g/mol. The average Bonchev–Trinajstić information content (AvgIpc) is 3.45. The van der Waals surface area contributed by atoms with Gasteiger partial charge in [-0.15, -0.1) is 11.8 Å². The van der Waals surface area contributed by atoms with E-state index in [0.717, 1.165) is 41.0 Å². The van der Waals surface area contributed by atoms with Crippen molar-refractivity contribution in [1.29, 1.82) is 0 Å². The van der Waals surface area contributed by atoms with Crippen LogP contribution in [0.5, 0.6) is 5.75 Å². The summed E-state index contributed by atoms with van der Waals surface area (Å²) in [6, 6.07) is 13.9. The molecule has 0 aromatic heterocycles. The van der Waals surface area contributed by atoms with Crippen molar-refractivity contribution in [2.45, 2.75) is 31.2 Å². The van der Waals surface area contributed by atoms with Crippen molar-refractivity contribution in [3.63, 3.8) is 0 Å². The van der Waals surface area contributed by atoms with Gasteiger partial charge in [-0.05, 0) is 49.1 Å². The fourth-order valence-electron chi connectivity index (χ4n) is 4.41. The number of fused-ring (bicyclic) bond motifs is 2. The van der Waals surface area contributed by atoms with E-state index in [9.17, 15) is 9.59 Å². The number of rotatable bonds is 4. The van der Waals surface area contributed by atoms with Gasteiger partial charge in [-0.3, -0.25) is 9.59 Å². The number of carbonyl (C=O) groups excluding carboxylic acids is 2. The summed E-state index contributed by atoms with van der Waals surface area (Å²) in [7, 11) is 1.63. The molecule has 2 heterocycles. The number of hydrogen-bond donors (Lipinski definition) is 0. The molecule has 2 aliphatic heterocycles. The normalized spacial score (nSPS) is 23.0. The van der Waals surface area contributed by atoms with Gasteiger partial charge in [0, 0.05) is 23.8 Å². The Morgan fingerprint density at radius 1 is 1.24 bits per heavy atom. The molecule has 2 amide bonds. The highest BCUT2D eigenvalue weighted by molar-refractivity contribution is 8.01. The lowest BCUT2D eigenvalue weighted by Crippen LogP contribution is -2.50. The van der Waals surface area contributed by atoms with E-state index < -0.39 is 4.87 Å². The number of thioether (sulfide) groups is 1. The van der Waals surface area contributed by atoms with Gasteiger partial charge in [0.25, 0.3) is 5.91 Å². The number of methoxy groups -OCH3 is 1. The number of ether oxygens (including phenoxy) is 1. The predicted octanol–water partition coefficient (Wildman–Crippen LogP) is 3.69. The molecule has 0 radical (unpaired) electrons. The van der Waals surface area contributed by atoms with Gasteiger partial charge in [-0.2, -0.15) is 0 Å². The minimum Gasteiger partial charge on any atom is -0.497 e. The molecular weight excluding hydrogens is 384 g/mol. The van der Waals surface area contributed by atoms with Crippen LogP contribution in [0, 0.1) is 12.8 Å². The van der Waals surface area contributed by atoms with Crippen molar-refractivity contribution in [1.82, 2.24) is 4.90 Å². The van der Waals surface area contributed by atoms with E-state index in [-0.39, 0.29) is 17.7 Å². The summed E-state index contributed by atoms with van der Waals surface area (Å²) >= 11 is 1.58. The second-order valence-corrected chi connectivity index (χ2v) is 9.25. The highest BCUT2D eigenvalue weighted by Gasteiger charge is 2.60. The Balaban J connectivity index is 1.62. The number of hydrogen-bond acceptors (Lipinski definition) is 4. The number of nitrogens with zero attached hydrogens (tertiary/aromatic N) is 2. The molecule has 150 valence electrons. The van der Waals surface area contributed by atoms with E-state index in [1.165, 1.54) is 0 Å². The maximum absolute atomic E-state index is 13.9. The van der Waals surface area contributed by atoms with Crippen molar-refractivity contribution in [3.05, 3.63) is 59.2 Å². The molecule has 0 N–H and O–H groups in total. The molecule has 5 nitrogen and oxygen atoms in total. The first kappa shape index (κ1) is 18.6. The molecule has 0 bridgehead atoms. The van der Waals surface area contributed by atoms with Crippen LogP contribution in [0.2, 0.25) is 0 Å². The number of anilines is 1. The molecule has 2 fully saturated rings. The van der Waals surface area contributed by atoms with Crippen LogP contribution in [0.25, 0.3) is 0 Å². The van der Waals surface area contributed by atoms with Gasteiger partial charge < -0.3 is 14.5 Å². The topological polar surface area (TPSA) is 49.9 Å². The zero-order valence-electron chi connectivity index (χ0n) is 16.7. The van der Waals surface area contributed by atoms with E-state index >= 15 is 0 Å². The smallest absolute Gasteiger partial charge is 0.268 e. The quantitative estimate of drug-likeness (QED) is 0.774. The van der Waals surface area contributed by atoms with Crippen LogP contribution in [0.3, 0.4) is 0 Å². The Kier molecular flexibility index (Phi) is 4.35. The first-order valence-corrected chi connectivity index (χ1v) is 11.1. The number of aryl methyl sites for hydroxylation is 1. The van der Waals surface area contributed by atoms with Gasteiger partial charge in [0.05, 0.1) is 19.3 Å². The van der Waals surface area contributed by atoms with Crippen molar-refractivity contribution in [2.24, 2.45) is 5.92 Å². The standard InChI is InChI=1S/C23H24N2O3S/c1-15-5-3-4-6-17(15)14-24-20-10-9-18(28-2)13-19(20)23(22(24)27)25(11-12-29-23)21(26)16-7-8-16/h3-6,9-10,13,16H,7-8,11-12,14H2,1-2H3. The molecule has 5 rings (SSSR count). The van der Waals surface area contributed by atoms with Gasteiger partial charge in [0.1, 0.15) is 5.75 Å². The third kappa shape index (κ3) is 2.76. The maximum atomic E-state index is 13.9. The lowest BCUT2D eigenvalue weighted by Gasteiger charge is -2.33. The van der Waals surface area contributed by atoms with Crippen LogP contribution in [-0.4, -0.2) is 36.1 Å². The molecule has 2 aromatic rings. The Hall–Kier alpha value is -2.47. The zero-order chi connectivity index (χ0) is 20.2. The molecule has 29 heavy (non-hydrogen) atoms. The van der Waals surface area contributed by atoms with Crippen LogP contribution in [0.1, 0.15) is 29.5 Å². The van der Waals surface area contributed by atoms with Crippen LogP contribution in [0.4, 0.5) is 5.69 Å². The molecule has 1 saturated carbocycles. The highest BCUT2D eigenvalue weighted by atomic mass is 32.2. The Labute approximate surface area is 175 Å². The number of carbonyl (C=O) groups is 2. The summed E-state index contributed by atoms with van der Waals surface area (Å²) in [6.45, 7) is 3.17. The first-order chi connectivity index (χ1) is 14.1. The Morgan fingerprint density at radius 3 is 2.76 bits per heavy atom. The molecule has 1 aliphatic carbocycles. The Bertz CT molecular complexity index is 1000. The molecule has 1 atom stereocenters. The summed E-state index contributed by atoms with van der Waals surface area (Å²) in [5.74, 6) is 1.66. The van der Waals surface area contributed by atoms with Crippen LogP contribution < -0.4 is 9.64 Å². The van der Waals surface area contributed by atoms with Crippen LogP contribution in [0.15, 0.2) is 42.5 Å². The van der Waals surface area contributed by atoms with E-state index in [4.69, 9.17) is 4.74 Å². The van der Waals surface area contributed by atoms with Gasteiger partial charge in [-0.25, -0.2) is 0 Å². The molecule has 2 aromatic carbocycles. The maximum Gasteiger partial charge on any atom is 0.268 e. The first-order valence-electron chi connectivity index (χ1n) is 10.1. The molecule has 3 aliphatic rings. The van der Waals surface area contributed by atoms with E-state index in [1.54, 1.807) is 18.9 Å². The van der Waals surface area contributed by atoms with Gasteiger partial charge in [0.2, 0.25) is 5.91 Å². The molecule has 1 spiro atoms. The van der Waals surface area contributed by atoms with Crippen LogP contribution >= 0.6 is 11.8 Å². The van der Waals surface area contributed by atoms with Crippen molar-refractivity contribution < 1.29 is 14.3 Å². The van der Waals surface area contributed by atoms with E-state index in [2.05, 4.69) is 19.1 Å². The van der Waals surface area contributed by atoms with Crippen molar-refractivity contribution in [3.8, 4) is 5.75 Å². The van der Waals surface area contributed by atoms with Crippen LogP contribution in [-0.2, 0) is 21.0 Å². The average molecular weight is 409 g/mol. The largest absolute Gasteiger partial charge is 0.497 e. The molecule has 1 saturated heterocycles. The summed E-state index contributed by atoms with van der Waals surface area (Å²) in [4.78, 5) is 29.8. The third-order valence-electron chi connectivity index (χ3n) is 6.18. The number of benzene rings is 2. The van der Waals surface area contributed by atoms with E-state index in [1.807, 2.05) is 40.1 Å². The molecule has 6 heteroatoms. The SMILES string of the molecule is COc1ccc2c(c1)C1(SCCN1C(=O)C1CC1)C(=O)N2Cc1ccccc1C. The highest BCUT2D eigenvalue weighted by Crippen LogP contribution is 2.56. The summed E-state index contributed by atoms with van der Waals surface area (Å²) in [5, 5.41) is 0. The van der Waals surface area contributed by atoms with Gasteiger partial charge in [0.15, 0.2) is 4.87 Å². The predicted molar refractivity (Wildman–Crippen MR) is 114 cm³/mol. The van der Waals surface area contributed by atoms with Crippen molar-refractivity contribution >= 4 is 29.3 Å². The minimum atomic E-state index is -0.966. The lowest BCUT2D eigenvalue weighted by atomic mass is 10.0. The molecular formula is C23H24N2O3S. The summed E-state index contributed by atoms with van der Waals surface area (Å²) in [5.41, 5.74) is 4.03. The summed E-state index contributed by atoms with van der Waals surface area (Å²) < 4.78 is 5.46. The Morgan fingerprint density at radius 2 is 2.03 bits per heavy atom. The minimum absolute atomic E-state index is 0.0134. The second kappa shape index (κ2) is 6.80. The van der Waals surface area contributed by atoms with Gasteiger partial charge >= 0.3 is 0 Å². The fraction of sp³-hybridized carbons (Fsp3) is 0.391. The number of amides is 2. The third-order valence-corrected chi connectivity index (χ3v) is 7.60. The summed E-state index contributed by atoms with van der Waals surface area (Å²) in [6.07, 6.45) is 1.87. The fourth-order valence-corrected chi connectivity index (χ4v) is 5.87. The van der Waals surface area contributed by atoms with Gasteiger partial charge in [-0.1, -0.05) is 24.3 Å². The molecule has 1 unspecified atom stereocenters.